The quantitative estimate of drug-likeness (QED) is 0.227. The third kappa shape index (κ3) is 7.63. The summed E-state index contributed by atoms with van der Waals surface area (Å²) in [6.45, 7) is 5.52. The number of hydrogen-bond acceptors (Lipinski definition) is 6. The third-order valence-corrected chi connectivity index (χ3v) is 9.74. The molecule has 2 aliphatic rings. The summed E-state index contributed by atoms with van der Waals surface area (Å²) in [4.78, 5) is 19.7. The Bertz CT molecular complexity index is 1730. The minimum Gasteiger partial charge on any atom is -0.496 e. The summed E-state index contributed by atoms with van der Waals surface area (Å²) in [6.07, 6.45) is -15.3. The van der Waals surface area contributed by atoms with Gasteiger partial charge in [-0.15, -0.1) is 11.3 Å². The maximum Gasteiger partial charge on any atom is 0.434 e. The van der Waals surface area contributed by atoms with E-state index in [0.29, 0.717) is 42.0 Å². The zero-order valence-corrected chi connectivity index (χ0v) is 27.7. The van der Waals surface area contributed by atoms with E-state index in [1.807, 2.05) is 13.8 Å². The number of methoxy groups -OCH3 is 1. The highest BCUT2D eigenvalue weighted by Gasteiger charge is 2.44. The molecule has 1 aliphatic carbocycles. The summed E-state index contributed by atoms with van der Waals surface area (Å²) in [6, 6.07) is 5.28. The summed E-state index contributed by atoms with van der Waals surface area (Å²) >= 11 is 0.824. The van der Waals surface area contributed by atoms with Gasteiger partial charge in [0.15, 0.2) is 10.8 Å². The molecule has 2 aromatic carbocycles. The molecular weight excluding hydrogens is 689 g/mol. The predicted molar refractivity (Wildman–Crippen MR) is 165 cm³/mol. The molecular formula is C33H32F9N3O3S. The second-order valence-corrected chi connectivity index (χ2v) is 13.7. The SMILES string of the molecule is COc1ccc(N(C)c2nc(C(F)(F)F)cs2)cc1C1=C(CN2C(=O)OC(c3cc(C(F)(F)F)cc(C(F)(F)F)c3)[C@@H]2C)CC(C)(C)CC1. The first kappa shape index (κ1) is 36.3. The van der Waals surface area contributed by atoms with E-state index >= 15 is 0 Å². The summed E-state index contributed by atoms with van der Waals surface area (Å²) in [5.74, 6) is 0.457. The van der Waals surface area contributed by atoms with Crippen LogP contribution in [0.4, 0.5) is 55.1 Å². The van der Waals surface area contributed by atoms with Crippen LogP contribution in [0.5, 0.6) is 5.75 Å². The Kier molecular flexibility index (Phi) is 9.45. The molecule has 6 nitrogen and oxygen atoms in total. The summed E-state index contributed by atoms with van der Waals surface area (Å²) in [5.41, 5.74) is -2.01. The van der Waals surface area contributed by atoms with Gasteiger partial charge in [0.25, 0.3) is 0 Å². The van der Waals surface area contributed by atoms with Crippen LogP contribution in [-0.2, 0) is 23.3 Å². The van der Waals surface area contributed by atoms with Crippen LogP contribution in [0, 0.1) is 5.41 Å². The van der Waals surface area contributed by atoms with E-state index in [1.165, 1.54) is 23.8 Å². The van der Waals surface area contributed by atoms with Crippen molar-refractivity contribution in [2.45, 2.75) is 70.7 Å². The number of carbonyl (C=O) groups is 1. The lowest BCUT2D eigenvalue weighted by Gasteiger charge is -2.36. The van der Waals surface area contributed by atoms with Crippen molar-refractivity contribution in [3.63, 3.8) is 0 Å². The highest BCUT2D eigenvalue weighted by molar-refractivity contribution is 7.13. The summed E-state index contributed by atoms with van der Waals surface area (Å²) in [5, 5.41) is 1.03. The van der Waals surface area contributed by atoms with Crippen LogP contribution in [0.15, 0.2) is 47.4 Å². The van der Waals surface area contributed by atoms with E-state index in [9.17, 15) is 44.3 Å². The van der Waals surface area contributed by atoms with E-state index in [4.69, 9.17) is 9.47 Å². The smallest absolute Gasteiger partial charge is 0.434 e. The molecule has 1 aliphatic heterocycles. The van der Waals surface area contributed by atoms with Crippen LogP contribution in [0.3, 0.4) is 0 Å². The maximum atomic E-state index is 13.6. The number of aromatic nitrogens is 1. The second-order valence-electron chi connectivity index (χ2n) is 12.9. The van der Waals surface area contributed by atoms with Crippen LogP contribution >= 0.6 is 11.3 Å². The number of amides is 1. The number of nitrogens with zero attached hydrogens (tertiary/aromatic N) is 3. The van der Waals surface area contributed by atoms with Gasteiger partial charge in [0, 0.05) is 30.2 Å². The number of hydrogen-bond donors (Lipinski definition) is 0. The minimum atomic E-state index is -5.07. The zero-order valence-electron chi connectivity index (χ0n) is 26.9. The van der Waals surface area contributed by atoms with Gasteiger partial charge in [-0.25, -0.2) is 9.78 Å². The molecule has 266 valence electrons. The highest BCUT2D eigenvalue weighted by Crippen LogP contribution is 2.47. The predicted octanol–water partition coefficient (Wildman–Crippen LogP) is 10.5. The van der Waals surface area contributed by atoms with Crippen LogP contribution in [-0.4, -0.2) is 42.7 Å². The van der Waals surface area contributed by atoms with Gasteiger partial charge in [-0.3, -0.25) is 4.90 Å². The molecule has 2 heterocycles. The molecule has 0 radical (unpaired) electrons. The number of allylic oxidation sites excluding steroid dienone is 1. The van der Waals surface area contributed by atoms with E-state index in [0.717, 1.165) is 34.3 Å². The van der Waals surface area contributed by atoms with Gasteiger partial charge in [0.2, 0.25) is 0 Å². The number of alkyl halides is 9. The number of carbonyl (C=O) groups excluding carboxylic acids is 1. The number of rotatable bonds is 7. The van der Waals surface area contributed by atoms with E-state index < -0.39 is 59.2 Å². The Balaban J connectivity index is 1.52. The van der Waals surface area contributed by atoms with Gasteiger partial charge in [-0.2, -0.15) is 39.5 Å². The van der Waals surface area contributed by atoms with E-state index in [1.54, 1.807) is 25.2 Å². The number of cyclic esters (lactones) is 1. The van der Waals surface area contributed by atoms with Gasteiger partial charge in [-0.1, -0.05) is 13.8 Å². The molecule has 0 bridgehead atoms. The Morgan fingerprint density at radius 1 is 1.00 bits per heavy atom. The van der Waals surface area contributed by atoms with Crippen molar-refractivity contribution in [1.29, 1.82) is 0 Å². The first-order valence-electron chi connectivity index (χ1n) is 15.0. The third-order valence-electron chi connectivity index (χ3n) is 8.83. The maximum absolute atomic E-state index is 13.6. The fourth-order valence-corrected chi connectivity index (χ4v) is 7.02. The Labute approximate surface area is 280 Å². The van der Waals surface area contributed by atoms with Gasteiger partial charge in [-0.05, 0) is 84.7 Å². The number of halogens is 9. The number of thiazole rings is 1. The normalized spacial score (nSPS) is 20.1. The van der Waals surface area contributed by atoms with Crippen molar-refractivity contribution in [3.8, 4) is 5.75 Å². The van der Waals surface area contributed by atoms with Crippen molar-refractivity contribution in [3.05, 3.63) is 75.3 Å². The molecule has 0 spiro atoms. The first-order chi connectivity index (χ1) is 22.6. The molecule has 5 rings (SSSR count). The lowest BCUT2D eigenvalue weighted by Crippen LogP contribution is -2.35. The van der Waals surface area contributed by atoms with Crippen molar-refractivity contribution in [2.75, 3.05) is 25.6 Å². The van der Waals surface area contributed by atoms with Crippen molar-refractivity contribution in [1.82, 2.24) is 9.88 Å². The van der Waals surface area contributed by atoms with Crippen LogP contribution in [0.25, 0.3) is 5.57 Å². The number of anilines is 2. The van der Waals surface area contributed by atoms with Gasteiger partial charge in [0.1, 0.15) is 11.9 Å². The summed E-state index contributed by atoms with van der Waals surface area (Å²) < 4.78 is 132. The fraction of sp³-hybridized carbons (Fsp3) is 0.455. The molecule has 49 heavy (non-hydrogen) atoms. The molecule has 1 saturated heterocycles. The van der Waals surface area contributed by atoms with E-state index in [2.05, 4.69) is 4.98 Å². The number of ether oxygens (including phenoxy) is 2. The average molecular weight is 722 g/mol. The molecule has 2 atom stereocenters. The molecule has 1 fully saturated rings. The lowest BCUT2D eigenvalue weighted by atomic mass is 9.72. The Morgan fingerprint density at radius 3 is 2.18 bits per heavy atom. The topological polar surface area (TPSA) is 54.9 Å². The Morgan fingerprint density at radius 2 is 1.63 bits per heavy atom. The number of benzene rings is 2. The zero-order chi connectivity index (χ0) is 36.3. The van der Waals surface area contributed by atoms with Crippen LogP contribution in [0.2, 0.25) is 0 Å². The molecule has 1 aromatic heterocycles. The monoisotopic (exact) mass is 721 g/mol. The largest absolute Gasteiger partial charge is 0.496 e. The molecule has 1 unspecified atom stereocenters. The average Bonchev–Trinajstić information content (AvgIpc) is 3.61. The summed E-state index contributed by atoms with van der Waals surface area (Å²) in [7, 11) is 3.03. The fourth-order valence-electron chi connectivity index (χ4n) is 6.20. The standard InChI is InChI=1S/C33H32F9N3O3S/c1-17-27(18-10-20(31(34,35)36)12-21(11-18)32(37,38)39)48-29(46)45(17)15-19-14-30(2,3)9-8-23(19)24-13-22(6-7-25(24)47-5)44(4)28-43-26(16-49-28)33(40,41)42/h6-7,10-13,16-17,27H,8-9,14-15H2,1-5H3/t17-,27?/m0/s1. The Hall–Kier alpha value is -3.95. The van der Waals surface area contributed by atoms with E-state index in [-0.39, 0.29) is 23.2 Å². The molecule has 16 heteroatoms. The second kappa shape index (κ2) is 12.7. The molecule has 3 aromatic rings. The van der Waals surface area contributed by atoms with Crippen molar-refractivity contribution >= 4 is 33.8 Å². The molecule has 0 N–H and O–H groups in total. The van der Waals surface area contributed by atoms with Gasteiger partial charge >= 0.3 is 24.6 Å². The molecule has 1 amide bonds. The van der Waals surface area contributed by atoms with Crippen molar-refractivity contribution in [2.24, 2.45) is 5.41 Å². The highest BCUT2D eigenvalue weighted by atomic mass is 32.1. The molecule has 0 saturated carbocycles. The van der Waals surface area contributed by atoms with Gasteiger partial charge in [0.05, 0.1) is 24.3 Å². The lowest BCUT2D eigenvalue weighted by molar-refractivity contribution is -0.143. The van der Waals surface area contributed by atoms with Crippen molar-refractivity contribution < 1.29 is 53.8 Å². The van der Waals surface area contributed by atoms with Crippen LogP contribution in [0.1, 0.15) is 74.1 Å². The van der Waals surface area contributed by atoms with Gasteiger partial charge < -0.3 is 14.4 Å². The minimum absolute atomic E-state index is 0.0204. The first-order valence-corrected chi connectivity index (χ1v) is 15.9. The van der Waals surface area contributed by atoms with Crippen LogP contribution < -0.4 is 9.64 Å².